The van der Waals surface area contributed by atoms with E-state index in [-0.39, 0.29) is 5.92 Å². The summed E-state index contributed by atoms with van der Waals surface area (Å²) in [5.41, 5.74) is 4.02. The lowest BCUT2D eigenvalue weighted by atomic mass is 9.98. The molecule has 0 saturated carbocycles. The number of hydrogen-bond donors (Lipinski definition) is 1. The molecule has 2 rings (SSSR count). The molecule has 2 heteroatoms. The highest BCUT2D eigenvalue weighted by Gasteiger charge is 2.18. The number of aliphatic carboxylic acids is 1. The van der Waals surface area contributed by atoms with Crippen molar-refractivity contribution >= 4 is 5.97 Å². The Hall–Kier alpha value is -1.31. The van der Waals surface area contributed by atoms with Gasteiger partial charge >= 0.3 is 5.97 Å². The molecule has 0 radical (unpaired) electrons. The molecule has 0 saturated heterocycles. The normalized spacial score (nSPS) is 20.5. The first-order valence-electron chi connectivity index (χ1n) is 5.89. The minimum absolute atomic E-state index is 0.295. The standard InChI is InChI=1S/C14H18O2/c1-9-5-12-4-3-11(8-13(12)6-9)7-10(2)14(15)16/h3-4,8-10H,5-7H2,1-2H3,(H,15,16). The number of carboxylic acids is 1. The highest BCUT2D eigenvalue weighted by atomic mass is 16.4. The SMILES string of the molecule is CC1Cc2ccc(CC(C)C(=O)O)cc2C1. The number of fused-ring (bicyclic) bond motifs is 1. The maximum atomic E-state index is 10.8. The molecular weight excluding hydrogens is 200 g/mol. The van der Waals surface area contributed by atoms with Crippen molar-refractivity contribution in [1.82, 2.24) is 0 Å². The van der Waals surface area contributed by atoms with E-state index < -0.39 is 5.97 Å². The van der Waals surface area contributed by atoms with Crippen LogP contribution in [0.1, 0.15) is 30.5 Å². The first-order valence-corrected chi connectivity index (χ1v) is 5.89. The van der Waals surface area contributed by atoms with E-state index in [0.29, 0.717) is 6.42 Å². The van der Waals surface area contributed by atoms with E-state index in [2.05, 4.69) is 25.1 Å². The molecule has 1 aromatic rings. The van der Waals surface area contributed by atoms with Gasteiger partial charge in [-0.05, 0) is 41.9 Å². The third-order valence-electron chi connectivity index (χ3n) is 3.37. The first-order chi connectivity index (χ1) is 7.56. The molecule has 86 valence electrons. The van der Waals surface area contributed by atoms with Crippen molar-refractivity contribution in [2.24, 2.45) is 11.8 Å². The van der Waals surface area contributed by atoms with E-state index in [1.165, 1.54) is 17.5 Å². The molecule has 1 aromatic carbocycles. The smallest absolute Gasteiger partial charge is 0.306 e. The molecule has 1 aliphatic carbocycles. The first kappa shape index (κ1) is 11.2. The van der Waals surface area contributed by atoms with Crippen LogP contribution in [0.3, 0.4) is 0 Å². The van der Waals surface area contributed by atoms with Crippen molar-refractivity contribution in [1.29, 1.82) is 0 Å². The third kappa shape index (κ3) is 2.26. The van der Waals surface area contributed by atoms with Crippen molar-refractivity contribution in [3.8, 4) is 0 Å². The molecule has 0 amide bonds. The van der Waals surface area contributed by atoms with Crippen LogP contribution in [-0.4, -0.2) is 11.1 Å². The number of hydrogen-bond acceptors (Lipinski definition) is 1. The molecule has 1 N–H and O–H groups in total. The van der Waals surface area contributed by atoms with Gasteiger partial charge in [0.2, 0.25) is 0 Å². The molecule has 16 heavy (non-hydrogen) atoms. The Kier molecular flexibility index (Phi) is 2.99. The minimum atomic E-state index is -0.714. The zero-order valence-corrected chi connectivity index (χ0v) is 9.86. The van der Waals surface area contributed by atoms with Crippen molar-refractivity contribution < 1.29 is 9.90 Å². The summed E-state index contributed by atoms with van der Waals surface area (Å²) in [7, 11) is 0. The fourth-order valence-corrected chi connectivity index (χ4v) is 2.46. The van der Waals surface area contributed by atoms with E-state index in [1.807, 2.05) is 0 Å². The van der Waals surface area contributed by atoms with Gasteiger partial charge in [-0.2, -0.15) is 0 Å². The maximum absolute atomic E-state index is 10.8. The van der Waals surface area contributed by atoms with Crippen molar-refractivity contribution in [2.45, 2.75) is 33.1 Å². The molecule has 0 spiro atoms. The number of rotatable bonds is 3. The quantitative estimate of drug-likeness (QED) is 0.847. The van der Waals surface area contributed by atoms with Gasteiger partial charge < -0.3 is 5.11 Å². The molecule has 1 aliphatic rings. The van der Waals surface area contributed by atoms with Crippen LogP contribution in [0.15, 0.2) is 18.2 Å². The van der Waals surface area contributed by atoms with Crippen LogP contribution in [0.5, 0.6) is 0 Å². The lowest BCUT2D eigenvalue weighted by Crippen LogP contribution is -2.12. The van der Waals surface area contributed by atoms with Gasteiger partial charge in [-0.15, -0.1) is 0 Å². The average Bonchev–Trinajstić information content (AvgIpc) is 2.57. The summed E-state index contributed by atoms with van der Waals surface area (Å²) in [6.07, 6.45) is 2.95. The van der Waals surface area contributed by atoms with Crippen LogP contribution in [0.2, 0.25) is 0 Å². The van der Waals surface area contributed by atoms with Crippen LogP contribution in [0.25, 0.3) is 0 Å². The fourth-order valence-electron chi connectivity index (χ4n) is 2.46. The zero-order valence-electron chi connectivity index (χ0n) is 9.86. The van der Waals surface area contributed by atoms with Crippen LogP contribution in [0, 0.1) is 11.8 Å². The van der Waals surface area contributed by atoms with Gasteiger partial charge in [-0.1, -0.05) is 32.0 Å². The van der Waals surface area contributed by atoms with Crippen LogP contribution in [0.4, 0.5) is 0 Å². The van der Waals surface area contributed by atoms with Crippen molar-refractivity contribution in [3.63, 3.8) is 0 Å². The van der Waals surface area contributed by atoms with Crippen molar-refractivity contribution in [2.75, 3.05) is 0 Å². The Morgan fingerprint density at radius 3 is 2.81 bits per heavy atom. The minimum Gasteiger partial charge on any atom is -0.481 e. The molecule has 0 aromatic heterocycles. The van der Waals surface area contributed by atoms with Crippen molar-refractivity contribution in [3.05, 3.63) is 34.9 Å². The van der Waals surface area contributed by atoms with E-state index in [9.17, 15) is 4.79 Å². The highest BCUT2D eigenvalue weighted by molar-refractivity contribution is 5.69. The second-order valence-corrected chi connectivity index (χ2v) is 5.06. The average molecular weight is 218 g/mol. The maximum Gasteiger partial charge on any atom is 0.306 e. The molecule has 2 atom stereocenters. The molecular formula is C14H18O2. The van der Waals surface area contributed by atoms with Gasteiger partial charge in [0.05, 0.1) is 5.92 Å². The van der Waals surface area contributed by atoms with E-state index in [0.717, 1.165) is 17.9 Å². The zero-order chi connectivity index (χ0) is 11.7. The van der Waals surface area contributed by atoms with Gasteiger partial charge in [0.15, 0.2) is 0 Å². The summed E-state index contributed by atoms with van der Waals surface area (Å²) in [6.45, 7) is 4.03. The summed E-state index contributed by atoms with van der Waals surface area (Å²) in [4.78, 5) is 10.8. The second kappa shape index (κ2) is 4.28. The molecule has 0 fully saturated rings. The molecule has 0 bridgehead atoms. The number of benzene rings is 1. The Bertz CT molecular complexity index is 409. The lowest BCUT2D eigenvalue weighted by molar-refractivity contribution is -0.141. The molecule has 2 unspecified atom stereocenters. The van der Waals surface area contributed by atoms with E-state index in [1.54, 1.807) is 6.92 Å². The fraction of sp³-hybridized carbons (Fsp3) is 0.500. The number of carbonyl (C=O) groups is 1. The predicted octanol–water partition coefficient (Wildman–Crippen LogP) is 2.68. The highest BCUT2D eigenvalue weighted by Crippen LogP contribution is 2.27. The Labute approximate surface area is 96.3 Å². The monoisotopic (exact) mass is 218 g/mol. The molecule has 2 nitrogen and oxygen atoms in total. The summed E-state index contributed by atoms with van der Waals surface area (Å²) in [6, 6.07) is 6.44. The summed E-state index contributed by atoms with van der Waals surface area (Å²) >= 11 is 0. The summed E-state index contributed by atoms with van der Waals surface area (Å²) in [5, 5.41) is 8.88. The lowest BCUT2D eigenvalue weighted by Gasteiger charge is -2.08. The van der Waals surface area contributed by atoms with Gasteiger partial charge in [0, 0.05) is 0 Å². The van der Waals surface area contributed by atoms with Gasteiger partial charge in [0.25, 0.3) is 0 Å². The Balaban J connectivity index is 2.13. The van der Waals surface area contributed by atoms with E-state index in [4.69, 9.17) is 5.11 Å². The topological polar surface area (TPSA) is 37.3 Å². The second-order valence-electron chi connectivity index (χ2n) is 5.06. The van der Waals surface area contributed by atoms with Crippen LogP contribution < -0.4 is 0 Å². The Morgan fingerprint density at radius 2 is 2.12 bits per heavy atom. The van der Waals surface area contributed by atoms with Gasteiger partial charge in [-0.25, -0.2) is 0 Å². The largest absolute Gasteiger partial charge is 0.481 e. The third-order valence-corrected chi connectivity index (χ3v) is 3.37. The summed E-state index contributed by atoms with van der Waals surface area (Å²) < 4.78 is 0. The van der Waals surface area contributed by atoms with Gasteiger partial charge in [0.1, 0.15) is 0 Å². The van der Waals surface area contributed by atoms with Crippen LogP contribution >= 0.6 is 0 Å². The van der Waals surface area contributed by atoms with Crippen LogP contribution in [-0.2, 0) is 24.1 Å². The van der Waals surface area contributed by atoms with Gasteiger partial charge in [-0.3, -0.25) is 4.79 Å². The number of carboxylic acid groups (broad SMARTS) is 1. The summed E-state index contributed by atoms with van der Waals surface area (Å²) in [5.74, 6) is -0.270. The van der Waals surface area contributed by atoms with E-state index >= 15 is 0 Å². The molecule has 0 heterocycles. The Morgan fingerprint density at radius 1 is 1.44 bits per heavy atom. The predicted molar refractivity (Wildman–Crippen MR) is 63.5 cm³/mol. The molecule has 0 aliphatic heterocycles.